The molecule has 1 rings (SSSR count). The Bertz CT molecular complexity index is 248. The van der Waals surface area contributed by atoms with E-state index in [1.54, 1.807) is 0 Å². The first kappa shape index (κ1) is 8.31. The Labute approximate surface area is 68.2 Å². The predicted octanol–water partition coefficient (Wildman–Crippen LogP) is 1.41. The third-order valence-electron chi connectivity index (χ3n) is 2.23. The van der Waals surface area contributed by atoms with Gasteiger partial charge in [-0.25, -0.2) is 0 Å². The second kappa shape index (κ2) is 3.07. The molecular formula is C9H17N2+. The van der Waals surface area contributed by atoms with Crippen LogP contribution in [-0.4, -0.2) is 5.10 Å². The van der Waals surface area contributed by atoms with Crippen LogP contribution >= 0.6 is 0 Å². The van der Waals surface area contributed by atoms with Crippen LogP contribution in [0.25, 0.3) is 0 Å². The van der Waals surface area contributed by atoms with Gasteiger partial charge in [-0.15, -0.1) is 4.68 Å². The number of aryl methyl sites for hydroxylation is 2. The minimum Gasteiger partial charge on any atom is -0.170 e. The maximum atomic E-state index is 3.28. The van der Waals surface area contributed by atoms with Crippen LogP contribution in [0.1, 0.15) is 30.3 Å². The van der Waals surface area contributed by atoms with E-state index in [0.717, 1.165) is 0 Å². The van der Waals surface area contributed by atoms with Crippen molar-refractivity contribution in [1.82, 2.24) is 5.10 Å². The average molecular weight is 153 g/mol. The third-order valence-corrected chi connectivity index (χ3v) is 2.23. The van der Waals surface area contributed by atoms with Gasteiger partial charge in [-0.2, -0.15) is 5.10 Å². The van der Waals surface area contributed by atoms with Crippen molar-refractivity contribution in [1.29, 1.82) is 0 Å². The van der Waals surface area contributed by atoms with Crippen molar-refractivity contribution < 1.29 is 4.68 Å². The molecule has 0 fully saturated rings. The Morgan fingerprint density at radius 3 is 2.36 bits per heavy atom. The average Bonchev–Trinajstić information content (AvgIpc) is 2.17. The largest absolute Gasteiger partial charge is 0.207 e. The van der Waals surface area contributed by atoms with Gasteiger partial charge in [0.2, 0.25) is 5.69 Å². The fourth-order valence-corrected chi connectivity index (χ4v) is 1.50. The summed E-state index contributed by atoms with van der Waals surface area (Å²) in [6.07, 6.45) is 2.41. The van der Waals surface area contributed by atoms with E-state index < -0.39 is 0 Å². The molecule has 1 aromatic rings. The lowest BCUT2D eigenvalue weighted by Gasteiger charge is -1.91. The molecule has 2 nitrogen and oxygen atoms in total. The normalized spacial score (nSPS) is 10.5. The minimum absolute atomic E-state index is 1.19. The Morgan fingerprint density at radius 1 is 1.36 bits per heavy atom. The summed E-state index contributed by atoms with van der Waals surface area (Å²) < 4.78 is 2.08. The smallest absolute Gasteiger partial charge is 0.170 e. The fourth-order valence-electron chi connectivity index (χ4n) is 1.50. The van der Waals surface area contributed by atoms with Crippen molar-refractivity contribution in [3.8, 4) is 0 Å². The standard InChI is InChI=1S/C9H16N2/c1-5-6-9-7(2)10-11(4)8(9)3/h5-6H2,1-4H3/p+1. The van der Waals surface area contributed by atoms with E-state index in [9.17, 15) is 0 Å². The number of H-pyrrole nitrogens is 1. The Morgan fingerprint density at radius 2 is 2.00 bits per heavy atom. The number of hydrogen-bond donors (Lipinski definition) is 1. The summed E-state index contributed by atoms with van der Waals surface area (Å²) >= 11 is 0. The zero-order chi connectivity index (χ0) is 8.43. The molecule has 0 atom stereocenters. The van der Waals surface area contributed by atoms with Gasteiger partial charge >= 0.3 is 0 Å². The highest BCUT2D eigenvalue weighted by Crippen LogP contribution is 2.09. The number of nitrogens with one attached hydrogen (secondary N) is 1. The first-order valence-corrected chi connectivity index (χ1v) is 4.21. The van der Waals surface area contributed by atoms with Crippen molar-refractivity contribution in [2.75, 3.05) is 0 Å². The van der Waals surface area contributed by atoms with Crippen LogP contribution in [-0.2, 0) is 13.5 Å². The minimum atomic E-state index is 1.19. The van der Waals surface area contributed by atoms with Crippen LogP contribution in [0.5, 0.6) is 0 Å². The molecular weight excluding hydrogens is 136 g/mol. The first-order chi connectivity index (χ1) is 5.16. The molecule has 62 valence electrons. The zero-order valence-electron chi connectivity index (χ0n) is 7.86. The van der Waals surface area contributed by atoms with Gasteiger partial charge in [-0.3, -0.25) is 0 Å². The van der Waals surface area contributed by atoms with Crippen molar-refractivity contribution in [3.63, 3.8) is 0 Å². The summed E-state index contributed by atoms with van der Waals surface area (Å²) in [7, 11) is 2.06. The Hall–Kier alpha value is -0.790. The molecule has 2 heteroatoms. The van der Waals surface area contributed by atoms with Crippen LogP contribution in [0.3, 0.4) is 0 Å². The number of aromatic nitrogens is 2. The molecule has 0 aromatic carbocycles. The van der Waals surface area contributed by atoms with Crippen LogP contribution in [0, 0.1) is 13.8 Å². The van der Waals surface area contributed by atoms with Gasteiger partial charge < -0.3 is 0 Å². The molecule has 0 bridgehead atoms. The number of rotatable bonds is 2. The molecule has 0 unspecified atom stereocenters. The van der Waals surface area contributed by atoms with Gasteiger partial charge in [0.1, 0.15) is 0 Å². The Balaban J connectivity index is 3.02. The van der Waals surface area contributed by atoms with Crippen molar-refractivity contribution in [2.45, 2.75) is 33.6 Å². The van der Waals surface area contributed by atoms with E-state index in [2.05, 4.69) is 37.6 Å². The van der Waals surface area contributed by atoms with E-state index >= 15 is 0 Å². The summed E-state index contributed by atoms with van der Waals surface area (Å²) in [6, 6.07) is 0. The highest BCUT2D eigenvalue weighted by atomic mass is 15.3. The summed E-state index contributed by atoms with van der Waals surface area (Å²) in [5.74, 6) is 0. The number of aromatic amines is 1. The second-order valence-corrected chi connectivity index (χ2v) is 3.11. The maximum Gasteiger partial charge on any atom is 0.207 e. The maximum absolute atomic E-state index is 3.28. The van der Waals surface area contributed by atoms with Gasteiger partial charge in [0.15, 0.2) is 7.05 Å². The summed E-state index contributed by atoms with van der Waals surface area (Å²) in [5.41, 5.74) is 4.16. The molecule has 0 spiro atoms. The van der Waals surface area contributed by atoms with Crippen molar-refractivity contribution in [3.05, 3.63) is 17.0 Å². The third kappa shape index (κ3) is 1.44. The van der Waals surface area contributed by atoms with Gasteiger partial charge in [-0.1, -0.05) is 13.3 Å². The zero-order valence-corrected chi connectivity index (χ0v) is 7.86. The van der Waals surface area contributed by atoms with Gasteiger partial charge in [0.05, 0.1) is 5.69 Å². The van der Waals surface area contributed by atoms with Crippen LogP contribution in [0.2, 0.25) is 0 Å². The molecule has 0 saturated carbocycles. The van der Waals surface area contributed by atoms with Gasteiger partial charge in [0.25, 0.3) is 0 Å². The Kier molecular flexibility index (Phi) is 2.32. The van der Waals surface area contributed by atoms with Crippen LogP contribution < -0.4 is 4.68 Å². The highest BCUT2D eigenvalue weighted by Gasteiger charge is 2.13. The summed E-state index contributed by atoms with van der Waals surface area (Å²) in [4.78, 5) is 0. The highest BCUT2D eigenvalue weighted by molar-refractivity contribution is 5.19. The molecule has 0 aliphatic carbocycles. The molecule has 1 heterocycles. The van der Waals surface area contributed by atoms with Crippen LogP contribution in [0.4, 0.5) is 0 Å². The SMILES string of the molecule is CCCc1c(C)[nH][n+](C)c1C. The quantitative estimate of drug-likeness (QED) is 0.620. The van der Waals surface area contributed by atoms with Gasteiger partial charge in [-0.05, 0) is 13.3 Å². The first-order valence-electron chi connectivity index (χ1n) is 4.21. The van der Waals surface area contributed by atoms with Crippen molar-refractivity contribution in [2.24, 2.45) is 7.05 Å². The summed E-state index contributed by atoms with van der Waals surface area (Å²) in [6.45, 7) is 6.51. The van der Waals surface area contributed by atoms with E-state index in [4.69, 9.17) is 0 Å². The topological polar surface area (TPSA) is 19.7 Å². The molecule has 0 saturated heterocycles. The molecule has 0 aliphatic heterocycles. The van der Waals surface area contributed by atoms with E-state index in [0.29, 0.717) is 0 Å². The molecule has 1 N–H and O–H groups in total. The van der Waals surface area contributed by atoms with E-state index in [1.807, 2.05) is 0 Å². The predicted molar refractivity (Wildman–Crippen MR) is 45.4 cm³/mol. The number of hydrogen-bond acceptors (Lipinski definition) is 0. The monoisotopic (exact) mass is 153 g/mol. The molecule has 11 heavy (non-hydrogen) atoms. The van der Waals surface area contributed by atoms with Crippen molar-refractivity contribution >= 4 is 0 Å². The van der Waals surface area contributed by atoms with E-state index in [-0.39, 0.29) is 0 Å². The number of nitrogens with zero attached hydrogens (tertiary/aromatic N) is 1. The molecule has 0 amide bonds. The van der Waals surface area contributed by atoms with E-state index in [1.165, 1.54) is 29.8 Å². The van der Waals surface area contributed by atoms with Crippen LogP contribution in [0.15, 0.2) is 0 Å². The lowest BCUT2D eigenvalue weighted by Crippen LogP contribution is -2.32. The van der Waals surface area contributed by atoms with Gasteiger partial charge in [0, 0.05) is 12.5 Å². The lowest BCUT2D eigenvalue weighted by molar-refractivity contribution is -0.732. The second-order valence-electron chi connectivity index (χ2n) is 3.11. The fraction of sp³-hybridized carbons (Fsp3) is 0.667. The molecule has 0 aliphatic rings. The summed E-state index contributed by atoms with van der Waals surface area (Å²) in [5, 5.41) is 3.28. The molecule has 1 aromatic heterocycles. The lowest BCUT2D eigenvalue weighted by atomic mass is 10.1. The molecule has 0 radical (unpaired) electrons.